The molecule has 0 bridgehead atoms. The van der Waals surface area contributed by atoms with Crippen molar-refractivity contribution < 1.29 is 15.4 Å². The fraction of sp³-hybridized carbons (Fsp3) is 0.400. The van der Waals surface area contributed by atoms with Crippen molar-refractivity contribution in [3.8, 4) is 0 Å². The van der Waals surface area contributed by atoms with Crippen LogP contribution in [0.4, 0.5) is 0 Å². The van der Waals surface area contributed by atoms with Crippen LogP contribution in [0.1, 0.15) is 13.8 Å². The van der Waals surface area contributed by atoms with Crippen LogP contribution in [0.2, 0.25) is 0 Å². The topological polar surface area (TPSA) is 71.6 Å². The van der Waals surface area contributed by atoms with Gasteiger partial charge in [-0.2, -0.15) is 0 Å². The molecule has 0 radical (unpaired) electrons. The molecule has 9 heavy (non-hydrogen) atoms. The smallest absolute Gasteiger partial charge is 0.876 e. The minimum Gasteiger partial charge on any atom is -0.876 e. The van der Waals surface area contributed by atoms with E-state index in [0.29, 0.717) is 0 Å². The van der Waals surface area contributed by atoms with E-state index in [9.17, 15) is 9.90 Å². The first-order chi connectivity index (χ1) is 3.13. The molecule has 0 aliphatic rings. The fourth-order valence-electron chi connectivity index (χ4n) is 0.286. The number of carbonyl (C=O) groups excluding carboxylic acids is 1. The van der Waals surface area contributed by atoms with Crippen LogP contribution in [0, 0.1) is 0 Å². The normalized spacial score (nSPS) is 8.89. The third-order valence-electron chi connectivity index (χ3n) is 0.407. The number of carbonyl (C=O) groups is 1. The number of hydrogen-bond donors (Lipinski definition) is 0. The van der Waals surface area contributed by atoms with Gasteiger partial charge in [-0.15, -0.1) is 5.76 Å². The van der Waals surface area contributed by atoms with E-state index in [1.54, 1.807) is 0 Å². The molecule has 0 saturated carbocycles. The van der Waals surface area contributed by atoms with Gasteiger partial charge in [0.25, 0.3) is 0 Å². The Bertz CT molecular complexity index is 105. The van der Waals surface area contributed by atoms with E-state index < -0.39 is 0 Å². The van der Waals surface area contributed by atoms with Gasteiger partial charge in [-0.05, 0) is 13.0 Å². The van der Waals surface area contributed by atoms with E-state index in [-0.39, 0.29) is 65.9 Å². The molecular formula is C5H9BaO3+. The number of allylic oxidation sites excluding steroid dienone is 2. The SMILES string of the molecule is CC(=O)/C=C(/C)[O-].O.[Ba+2]. The third-order valence-corrected chi connectivity index (χ3v) is 0.407. The monoisotopic (exact) mass is 255 g/mol. The predicted molar refractivity (Wildman–Crippen MR) is 33.8 cm³/mol. The van der Waals surface area contributed by atoms with Gasteiger partial charge >= 0.3 is 48.9 Å². The molecule has 0 atom stereocenters. The molecule has 2 N–H and O–H groups in total. The first kappa shape index (κ1) is 16.4. The van der Waals surface area contributed by atoms with Crippen LogP contribution in [0.3, 0.4) is 0 Å². The Morgan fingerprint density at radius 2 is 1.78 bits per heavy atom. The second kappa shape index (κ2) is 8.74. The summed E-state index contributed by atoms with van der Waals surface area (Å²) in [6.07, 6.45) is 1.06. The summed E-state index contributed by atoms with van der Waals surface area (Å²) in [5.74, 6) is -0.375. The molecule has 0 unspecified atom stereocenters. The summed E-state index contributed by atoms with van der Waals surface area (Å²) >= 11 is 0. The molecule has 0 spiro atoms. The summed E-state index contributed by atoms with van der Waals surface area (Å²) in [6.45, 7) is 2.70. The van der Waals surface area contributed by atoms with Gasteiger partial charge in [0.2, 0.25) is 0 Å². The van der Waals surface area contributed by atoms with Crippen molar-refractivity contribution in [2.75, 3.05) is 0 Å². The zero-order valence-electron chi connectivity index (χ0n) is 5.60. The van der Waals surface area contributed by atoms with Gasteiger partial charge in [-0.1, -0.05) is 6.92 Å². The summed E-state index contributed by atoms with van der Waals surface area (Å²) in [6, 6.07) is 0. The molecule has 3 nitrogen and oxygen atoms in total. The summed E-state index contributed by atoms with van der Waals surface area (Å²) in [4.78, 5) is 9.98. The van der Waals surface area contributed by atoms with E-state index in [1.807, 2.05) is 0 Å². The largest absolute Gasteiger partial charge is 2.00 e. The minimum atomic E-state index is -0.187. The van der Waals surface area contributed by atoms with Crippen LogP contribution in [-0.2, 0) is 4.79 Å². The van der Waals surface area contributed by atoms with Crippen LogP contribution in [0.5, 0.6) is 0 Å². The maximum absolute atomic E-state index is 9.98. The average molecular weight is 254 g/mol. The molecule has 0 rings (SSSR count). The molecule has 0 amide bonds. The molecule has 0 aromatic rings. The molecule has 0 saturated heterocycles. The van der Waals surface area contributed by atoms with Crippen LogP contribution < -0.4 is 5.11 Å². The van der Waals surface area contributed by atoms with E-state index in [4.69, 9.17) is 0 Å². The third kappa shape index (κ3) is 17.7. The maximum atomic E-state index is 9.98. The van der Waals surface area contributed by atoms with Crippen molar-refractivity contribution in [1.82, 2.24) is 0 Å². The Balaban J connectivity index is -0.000000180. The molecule has 0 fully saturated rings. The van der Waals surface area contributed by atoms with Gasteiger partial charge in [0.1, 0.15) is 0 Å². The van der Waals surface area contributed by atoms with Crippen molar-refractivity contribution >= 4 is 54.7 Å². The molecule has 0 aromatic carbocycles. The number of rotatable bonds is 1. The van der Waals surface area contributed by atoms with Gasteiger partial charge < -0.3 is 10.6 Å². The fourth-order valence-corrected chi connectivity index (χ4v) is 0.286. The second-order valence-electron chi connectivity index (χ2n) is 1.37. The van der Waals surface area contributed by atoms with Gasteiger partial charge in [0, 0.05) is 0 Å². The summed E-state index contributed by atoms with van der Waals surface area (Å²) in [5, 5.41) is 9.98. The zero-order chi connectivity index (χ0) is 5.86. The Labute approximate surface area is 94.5 Å². The second-order valence-corrected chi connectivity index (χ2v) is 1.37. The van der Waals surface area contributed by atoms with Crippen molar-refractivity contribution in [1.29, 1.82) is 0 Å². The Morgan fingerprint density at radius 3 is 1.78 bits per heavy atom. The first-order valence-corrected chi connectivity index (χ1v) is 1.99. The predicted octanol–water partition coefficient (Wildman–Crippen LogP) is -1.37. The van der Waals surface area contributed by atoms with Crippen LogP contribution in [-0.4, -0.2) is 60.1 Å². The molecule has 0 aliphatic carbocycles. The zero-order valence-corrected chi connectivity index (χ0v) is 10.0. The van der Waals surface area contributed by atoms with Crippen molar-refractivity contribution in [3.63, 3.8) is 0 Å². The average Bonchev–Trinajstić information content (AvgIpc) is 1.27. The van der Waals surface area contributed by atoms with Gasteiger partial charge in [-0.25, -0.2) is 0 Å². The van der Waals surface area contributed by atoms with Gasteiger partial charge in [0.05, 0.1) is 0 Å². The Kier molecular flexibility index (Phi) is 15.9. The van der Waals surface area contributed by atoms with Crippen molar-refractivity contribution in [3.05, 3.63) is 11.8 Å². The number of hydrogen-bond acceptors (Lipinski definition) is 2. The van der Waals surface area contributed by atoms with Crippen LogP contribution >= 0.6 is 0 Å². The summed E-state index contributed by atoms with van der Waals surface area (Å²) in [5.41, 5.74) is 0. The number of ketones is 1. The molecule has 48 valence electrons. The summed E-state index contributed by atoms with van der Waals surface area (Å²) in [7, 11) is 0. The molecule has 0 heterocycles. The van der Waals surface area contributed by atoms with Gasteiger partial charge in [-0.3, -0.25) is 4.79 Å². The van der Waals surface area contributed by atoms with Gasteiger partial charge in [0.15, 0.2) is 5.78 Å². The van der Waals surface area contributed by atoms with Crippen LogP contribution in [0.15, 0.2) is 11.8 Å². The summed E-state index contributed by atoms with van der Waals surface area (Å²) < 4.78 is 0. The molecule has 0 aliphatic heterocycles. The van der Waals surface area contributed by atoms with E-state index in [1.165, 1.54) is 13.8 Å². The quantitative estimate of drug-likeness (QED) is 0.329. The van der Waals surface area contributed by atoms with E-state index in [2.05, 4.69) is 0 Å². The molecular weight excluding hydrogens is 245 g/mol. The van der Waals surface area contributed by atoms with Crippen LogP contribution in [0.25, 0.3) is 0 Å². The first-order valence-electron chi connectivity index (χ1n) is 1.99. The standard InChI is InChI=1S/C5H8O2.Ba.H2O/c1-4(6)3-5(2)7;;/h3,6H,1-2H3;;1H2/q;+2;/p-1/b4-3-;;. The van der Waals surface area contributed by atoms with E-state index >= 15 is 0 Å². The Hall–Kier alpha value is 0.741. The Morgan fingerprint density at radius 1 is 1.44 bits per heavy atom. The van der Waals surface area contributed by atoms with Crippen molar-refractivity contribution in [2.45, 2.75) is 13.8 Å². The van der Waals surface area contributed by atoms with Crippen molar-refractivity contribution in [2.24, 2.45) is 0 Å². The molecule has 0 aromatic heterocycles. The van der Waals surface area contributed by atoms with E-state index in [0.717, 1.165) is 6.08 Å². The molecule has 4 heteroatoms. The maximum Gasteiger partial charge on any atom is 2.00 e. The minimum absolute atomic E-state index is 0.